The topological polar surface area (TPSA) is 33.0 Å². The molecule has 2 rings (SSSR count). The van der Waals surface area contributed by atoms with Crippen LogP contribution in [0.3, 0.4) is 0 Å². The summed E-state index contributed by atoms with van der Waals surface area (Å²) in [6.45, 7) is 0.510. The Balaban J connectivity index is 2.49. The van der Waals surface area contributed by atoms with Gasteiger partial charge in [0.2, 0.25) is 0 Å². The Kier molecular flexibility index (Phi) is 1.29. The highest BCUT2D eigenvalue weighted by Gasteiger charge is 2.22. The third kappa shape index (κ3) is 0.857. The van der Waals surface area contributed by atoms with Gasteiger partial charge in [-0.15, -0.1) is 0 Å². The molecule has 1 aliphatic rings. The number of hydrogen-bond donors (Lipinski definition) is 0. The van der Waals surface area contributed by atoms with E-state index in [0.717, 1.165) is 11.3 Å². The van der Waals surface area contributed by atoms with Crippen LogP contribution in [0.2, 0.25) is 0 Å². The first-order chi connectivity index (χ1) is 5.42. The Hall–Kier alpha value is -1.49. The second-order valence-corrected chi connectivity index (χ2v) is 2.53. The quantitative estimate of drug-likeness (QED) is 0.556. The molecule has 1 aromatic rings. The lowest BCUT2D eigenvalue weighted by Gasteiger charge is -1.94. The molecule has 1 aromatic carbocycles. The van der Waals surface area contributed by atoms with Crippen molar-refractivity contribution in [2.75, 3.05) is 6.61 Å². The van der Waals surface area contributed by atoms with E-state index in [4.69, 9.17) is 10.00 Å². The van der Waals surface area contributed by atoms with Crippen molar-refractivity contribution >= 4 is 0 Å². The predicted molar refractivity (Wildman–Crippen MR) is 40.3 cm³/mol. The first-order valence-electron chi connectivity index (χ1n) is 3.53. The first kappa shape index (κ1) is 6.23. The molecule has 0 bridgehead atoms. The lowest BCUT2D eigenvalue weighted by atomic mass is 10.0. The summed E-state index contributed by atoms with van der Waals surface area (Å²) in [5.41, 5.74) is 1.02. The maximum Gasteiger partial charge on any atom is 0.124 e. The van der Waals surface area contributed by atoms with E-state index in [1.54, 1.807) is 0 Å². The molecule has 2 nitrogen and oxygen atoms in total. The molecule has 0 spiro atoms. The fraction of sp³-hybridized carbons (Fsp3) is 0.222. The van der Waals surface area contributed by atoms with Crippen LogP contribution >= 0.6 is 0 Å². The number of rotatable bonds is 0. The molecule has 2 heteroatoms. The van der Waals surface area contributed by atoms with Crippen LogP contribution in [0.5, 0.6) is 5.75 Å². The van der Waals surface area contributed by atoms with Crippen molar-refractivity contribution in [1.82, 2.24) is 0 Å². The molecule has 11 heavy (non-hydrogen) atoms. The van der Waals surface area contributed by atoms with Crippen molar-refractivity contribution < 1.29 is 4.74 Å². The largest absolute Gasteiger partial charge is 0.492 e. The molecule has 0 saturated heterocycles. The number of para-hydroxylation sites is 1. The average Bonchev–Trinajstić information content (AvgIpc) is 2.47. The van der Waals surface area contributed by atoms with E-state index in [-0.39, 0.29) is 5.92 Å². The number of nitriles is 1. The van der Waals surface area contributed by atoms with E-state index in [9.17, 15) is 0 Å². The summed E-state index contributed by atoms with van der Waals surface area (Å²) in [7, 11) is 0. The van der Waals surface area contributed by atoms with Gasteiger partial charge >= 0.3 is 0 Å². The highest BCUT2D eigenvalue weighted by Crippen LogP contribution is 2.32. The molecule has 54 valence electrons. The molecule has 0 aliphatic carbocycles. The minimum Gasteiger partial charge on any atom is -0.492 e. The molecule has 0 saturated carbocycles. The van der Waals surface area contributed by atoms with Crippen molar-refractivity contribution in [2.24, 2.45) is 0 Å². The Morgan fingerprint density at radius 3 is 3.09 bits per heavy atom. The Morgan fingerprint density at radius 1 is 1.45 bits per heavy atom. The zero-order valence-corrected chi connectivity index (χ0v) is 5.95. The van der Waals surface area contributed by atoms with Gasteiger partial charge in [-0.3, -0.25) is 0 Å². The lowest BCUT2D eigenvalue weighted by Crippen LogP contribution is -1.95. The van der Waals surface area contributed by atoms with Gasteiger partial charge in [0.25, 0.3) is 0 Å². The molecule has 0 aromatic heterocycles. The number of fused-ring (bicyclic) bond motifs is 1. The SMILES string of the molecule is N#C[C@H]1COc2ccccc21. The predicted octanol–water partition coefficient (Wildman–Crippen LogP) is 1.69. The molecule has 0 unspecified atom stereocenters. The van der Waals surface area contributed by atoms with Crippen molar-refractivity contribution in [3.63, 3.8) is 0 Å². The molecular formula is C9H7NO. The Morgan fingerprint density at radius 2 is 2.27 bits per heavy atom. The summed E-state index contributed by atoms with van der Waals surface area (Å²) in [5, 5.41) is 8.68. The Bertz CT molecular complexity index is 314. The van der Waals surface area contributed by atoms with Gasteiger partial charge in [-0.25, -0.2) is 0 Å². The van der Waals surface area contributed by atoms with E-state index in [2.05, 4.69) is 6.07 Å². The molecule has 1 aliphatic heterocycles. The third-order valence-electron chi connectivity index (χ3n) is 1.86. The van der Waals surface area contributed by atoms with Crippen LogP contribution in [-0.4, -0.2) is 6.61 Å². The summed E-state index contributed by atoms with van der Waals surface area (Å²) >= 11 is 0. The number of ether oxygens (including phenoxy) is 1. The summed E-state index contributed by atoms with van der Waals surface area (Å²) in [6.07, 6.45) is 0. The lowest BCUT2D eigenvalue weighted by molar-refractivity contribution is 0.347. The van der Waals surface area contributed by atoms with Crippen molar-refractivity contribution in [3.05, 3.63) is 29.8 Å². The molecule has 0 fully saturated rings. The highest BCUT2D eigenvalue weighted by atomic mass is 16.5. The molecule has 0 amide bonds. The minimum absolute atomic E-state index is 0.0637. The Labute approximate surface area is 65.0 Å². The minimum atomic E-state index is -0.0637. The second-order valence-electron chi connectivity index (χ2n) is 2.53. The maximum atomic E-state index is 8.68. The highest BCUT2D eigenvalue weighted by molar-refractivity contribution is 5.42. The van der Waals surface area contributed by atoms with E-state index in [0.29, 0.717) is 6.61 Å². The van der Waals surface area contributed by atoms with Gasteiger partial charge in [0, 0.05) is 5.56 Å². The second kappa shape index (κ2) is 2.28. The van der Waals surface area contributed by atoms with Crippen LogP contribution in [-0.2, 0) is 0 Å². The van der Waals surface area contributed by atoms with Crippen LogP contribution in [0.1, 0.15) is 11.5 Å². The van der Waals surface area contributed by atoms with E-state index >= 15 is 0 Å². The monoisotopic (exact) mass is 145 g/mol. The standard InChI is InChI=1S/C9H7NO/c10-5-7-6-11-9-4-2-1-3-8(7)9/h1-4,7H,6H2/t7-/m0/s1. The van der Waals surface area contributed by atoms with Crippen molar-refractivity contribution in [1.29, 1.82) is 5.26 Å². The molecule has 0 N–H and O–H groups in total. The fourth-order valence-electron chi connectivity index (χ4n) is 1.27. The molecular weight excluding hydrogens is 138 g/mol. The number of hydrogen-bond acceptors (Lipinski definition) is 2. The van der Waals surface area contributed by atoms with Gasteiger partial charge in [-0.05, 0) is 6.07 Å². The average molecular weight is 145 g/mol. The summed E-state index contributed by atoms with van der Waals surface area (Å²) < 4.78 is 5.28. The molecule has 1 atom stereocenters. The van der Waals surface area contributed by atoms with E-state index in [1.165, 1.54) is 0 Å². The zero-order chi connectivity index (χ0) is 7.68. The number of benzene rings is 1. The summed E-state index contributed by atoms with van der Waals surface area (Å²) in [5.74, 6) is 0.797. The van der Waals surface area contributed by atoms with Gasteiger partial charge in [-0.1, -0.05) is 18.2 Å². The normalized spacial score (nSPS) is 20.1. The van der Waals surface area contributed by atoms with E-state index < -0.39 is 0 Å². The van der Waals surface area contributed by atoms with Gasteiger partial charge < -0.3 is 4.74 Å². The van der Waals surface area contributed by atoms with Crippen molar-refractivity contribution in [2.45, 2.75) is 5.92 Å². The first-order valence-corrected chi connectivity index (χ1v) is 3.53. The van der Waals surface area contributed by atoms with Crippen LogP contribution in [0.4, 0.5) is 0 Å². The smallest absolute Gasteiger partial charge is 0.124 e. The van der Waals surface area contributed by atoms with Gasteiger partial charge in [0.05, 0.1) is 6.07 Å². The van der Waals surface area contributed by atoms with E-state index in [1.807, 2.05) is 24.3 Å². The van der Waals surface area contributed by atoms with Crippen LogP contribution in [0.15, 0.2) is 24.3 Å². The van der Waals surface area contributed by atoms with Gasteiger partial charge in [-0.2, -0.15) is 5.26 Å². The third-order valence-corrected chi connectivity index (χ3v) is 1.86. The van der Waals surface area contributed by atoms with Gasteiger partial charge in [0.1, 0.15) is 18.3 Å². The maximum absolute atomic E-state index is 8.68. The molecule has 0 radical (unpaired) electrons. The summed E-state index contributed by atoms with van der Waals surface area (Å²) in [6, 6.07) is 9.87. The molecule has 1 heterocycles. The number of nitrogens with zero attached hydrogens (tertiary/aromatic N) is 1. The van der Waals surface area contributed by atoms with Crippen molar-refractivity contribution in [3.8, 4) is 11.8 Å². The fourth-order valence-corrected chi connectivity index (χ4v) is 1.27. The van der Waals surface area contributed by atoms with Crippen LogP contribution in [0.25, 0.3) is 0 Å². The van der Waals surface area contributed by atoms with Crippen LogP contribution in [0, 0.1) is 11.3 Å². The summed E-state index contributed by atoms with van der Waals surface area (Å²) in [4.78, 5) is 0. The van der Waals surface area contributed by atoms with Gasteiger partial charge in [0.15, 0.2) is 0 Å². The zero-order valence-electron chi connectivity index (χ0n) is 5.95. The van der Waals surface area contributed by atoms with Crippen LogP contribution < -0.4 is 4.74 Å².